The fourth-order valence-electron chi connectivity index (χ4n) is 5.24. The van der Waals surface area contributed by atoms with Crippen molar-refractivity contribution >= 4 is 0 Å². The zero-order chi connectivity index (χ0) is 16.6. The summed E-state index contributed by atoms with van der Waals surface area (Å²) in [5, 5.41) is 0. The van der Waals surface area contributed by atoms with Crippen molar-refractivity contribution < 1.29 is 0 Å². The summed E-state index contributed by atoms with van der Waals surface area (Å²) in [7, 11) is 0. The van der Waals surface area contributed by atoms with Crippen LogP contribution in [0.2, 0.25) is 0 Å². The van der Waals surface area contributed by atoms with Crippen molar-refractivity contribution in [1.82, 2.24) is 0 Å². The van der Waals surface area contributed by atoms with E-state index in [-0.39, 0.29) is 0 Å². The Morgan fingerprint density at radius 1 is 0.773 bits per heavy atom. The number of hydrogen-bond donors (Lipinski definition) is 0. The summed E-state index contributed by atoms with van der Waals surface area (Å²) in [6.07, 6.45) is 17.3. The lowest BCUT2D eigenvalue weighted by atomic mass is 9.71. The van der Waals surface area contributed by atoms with Gasteiger partial charge in [-0.2, -0.15) is 0 Å². The zero-order valence-corrected chi connectivity index (χ0v) is 16.6. The van der Waals surface area contributed by atoms with E-state index in [9.17, 15) is 0 Å². The Morgan fingerprint density at radius 2 is 1.41 bits per heavy atom. The average Bonchev–Trinajstić information content (AvgIpc) is 2.88. The summed E-state index contributed by atoms with van der Waals surface area (Å²) < 4.78 is 0. The maximum absolute atomic E-state index is 2.57. The molecule has 1 saturated carbocycles. The van der Waals surface area contributed by atoms with Crippen LogP contribution >= 0.6 is 0 Å². The van der Waals surface area contributed by atoms with Crippen molar-refractivity contribution in [3.05, 3.63) is 0 Å². The highest BCUT2D eigenvalue weighted by Gasteiger charge is 2.37. The molecule has 0 spiro atoms. The first-order valence-corrected chi connectivity index (χ1v) is 10.4. The maximum atomic E-state index is 2.57. The average molecular weight is 309 g/mol. The highest BCUT2D eigenvalue weighted by molar-refractivity contribution is 4.89. The summed E-state index contributed by atoms with van der Waals surface area (Å²) in [5.74, 6) is 2.00. The predicted molar refractivity (Wildman–Crippen MR) is 101 cm³/mol. The lowest BCUT2D eigenvalue weighted by molar-refractivity contribution is 0.167. The molecule has 0 bridgehead atoms. The summed E-state index contributed by atoms with van der Waals surface area (Å²) >= 11 is 0. The first kappa shape index (κ1) is 20.0. The van der Waals surface area contributed by atoms with Gasteiger partial charge in [0.2, 0.25) is 0 Å². The van der Waals surface area contributed by atoms with Gasteiger partial charge in [0.25, 0.3) is 0 Å². The van der Waals surface area contributed by atoms with E-state index in [0.717, 1.165) is 11.8 Å². The van der Waals surface area contributed by atoms with Crippen molar-refractivity contribution in [2.75, 3.05) is 0 Å². The van der Waals surface area contributed by atoms with Crippen LogP contribution in [0.15, 0.2) is 0 Å². The van der Waals surface area contributed by atoms with Gasteiger partial charge in [0.1, 0.15) is 0 Å². The van der Waals surface area contributed by atoms with Gasteiger partial charge in [0.05, 0.1) is 0 Å². The molecule has 0 aromatic carbocycles. The lowest BCUT2D eigenvalue weighted by Crippen LogP contribution is -2.23. The molecular formula is C22H44. The van der Waals surface area contributed by atoms with Crippen LogP contribution in [0, 0.1) is 22.7 Å². The Morgan fingerprint density at radius 3 is 1.95 bits per heavy atom. The van der Waals surface area contributed by atoms with E-state index in [2.05, 4.69) is 41.5 Å². The number of rotatable bonds is 11. The fraction of sp³-hybridized carbons (Fsp3) is 1.00. The maximum Gasteiger partial charge on any atom is -0.0323 e. The van der Waals surface area contributed by atoms with Gasteiger partial charge in [0.15, 0.2) is 0 Å². The van der Waals surface area contributed by atoms with Gasteiger partial charge in [-0.1, -0.05) is 80.1 Å². The first-order chi connectivity index (χ1) is 10.4. The molecule has 0 aromatic rings. The summed E-state index contributed by atoms with van der Waals surface area (Å²) in [5.41, 5.74) is 1.20. The molecule has 0 nitrogen and oxygen atoms in total. The first-order valence-electron chi connectivity index (χ1n) is 10.4. The second-order valence-electron chi connectivity index (χ2n) is 9.34. The molecule has 0 aromatic heterocycles. The third-order valence-electron chi connectivity index (χ3n) is 6.56. The van der Waals surface area contributed by atoms with E-state index in [1.807, 2.05) is 0 Å². The Bertz CT molecular complexity index is 282. The standard InChI is InChI=1S/C22H44/c1-7-10-11-16-21(4,5)20-13-12-19(17-20)18-22(6,14-8-2)15-9-3/h19-20H,7-18H2,1-6H3. The lowest BCUT2D eigenvalue weighted by Gasteiger charge is -2.34. The molecule has 1 rings (SSSR count). The van der Waals surface area contributed by atoms with Crippen molar-refractivity contribution in [2.24, 2.45) is 22.7 Å². The van der Waals surface area contributed by atoms with E-state index >= 15 is 0 Å². The van der Waals surface area contributed by atoms with Crippen LogP contribution < -0.4 is 0 Å². The number of unbranched alkanes of at least 4 members (excludes halogenated alkanes) is 2. The molecule has 2 unspecified atom stereocenters. The van der Waals surface area contributed by atoms with Crippen LogP contribution in [0.1, 0.15) is 119 Å². The molecule has 2 atom stereocenters. The molecule has 1 fully saturated rings. The van der Waals surface area contributed by atoms with Crippen molar-refractivity contribution in [3.8, 4) is 0 Å². The van der Waals surface area contributed by atoms with E-state index in [1.165, 1.54) is 77.0 Å². The molecule has 1 aliphatic carbocycles. The summed E-state index contributed by atoms with van der Waals surface area (Å²) in [4.78, 5) is 0. The van der Waals surface area contributed by atoms with Crippen molar-refractivity contribution in [2.45, 2.75) is 119 Å². The molecule has 132 valence electrons. The molecule has 0 radical (unpaired) electrons. The van der Waals surface area contributed by atoms with E-state index in [0.29, 0.717) is 10.8 Å². The minimum absolute atomic E-state index is 0.579. The van der Waals surface area contributed by atoms with Gasteiger partial charge in [-0.3, -0.25) is 0 Å². The third-order valence-corrected chi connectivity index (χ3v) is 6.56. The molecule has 1 aliphatic rings. The normalized spacial score (nSPS) is 23.2. The number of hydrogen-bond acceptors (Lipinski definition) is 0. The van der Waals surface area contributed by atoms with Gasteiger partial charge in [-0.05, 0) is 61.2 Å². The second-order valence-corrected chi connectivity index (χ2v) is 9.34. The molecule has 0 heteroatoms. The van der Waals surface area contributed by atoms with Crippen molar-refractivity contribution in [1.29, 1.82) is 0 Å². The SMILES string of the molecule is CCCCCC(C)(C)C1CCC(CC(C)(CCC)CCC)C1. The monoisotopic (exact) mass is 308 g/mol. The van der Waals surface area contributed by atoms with Gasteiger partial charge >= 0.3 is 0 Å². The molecule has 0 heterocycles. The quantitative estimate of drug-likeness (QED) is 0.339. The summed E-state index contributed by atoms with van der Waals surface area (Å²) in [6.45, 7) is 14.7. The molecule has 0 saturated heterocycles. The van der Waals surface area contributed by atoms with Gasteiger partial charge in [-0.25, -0.2) is 0 Å². The van der Waals surface area contributed by atoms with Crippen LogP contribution in [-0.2, 0) is 0 Å². The van der Waals surface area contributed by atoms with Gasteiger partial charge < -0.3 is 0 Å². The van der Waals surface area contributed by atoms with E-state index in [1.54, 1.807) is 0 Å². The van der Waals surface area contributed by atoms with E-state index < -0.39 is 0 Å². The highest BCUT2D eigenvalue weighted by Crippen LogP contribution is 2.49. The van der Waals surface area contributed by atoms with Crippen molar-refractivity contribution in [3.63, 3.8) is 0 Å². The smallest absolute Gasteiger partial charge is 0.0323 e. The van der Waals surface area contributed by atoms with Gasteiger partial charge in [0, 0.05) is 0 Å². The Balaban J connectivity index is 2.50. The van der Waals surface area contributed by atoms with E-state index in [4.69, 9.17) is 0 Å². The molecule has 0 amide bonds. The van der Waals surface area contributed by atoms with Crippen LogP contribution in [0.5, 0.6) is 0 Å². The molecule has 0 N–H and O–H groups in total. The zero-order valence-electron chi connectivity index (χ0n) is 16.6. The highest BCUT2D eigenvalue weighted by atomic mass is 14.4. The Labute approximate surface area is 141 Å². The Kier molecular flexibility index (Phi) is 8.50. The van der Waals surface area contributed by atoms with Crippen LogP contribution in [-0.4, -0.2) is 0 Å². The van der Waals surface area contributed by atoms with Crippen LogP contribution in [0.25, 0.3) is 0 Å². The molecule has 0 aliphatic heterocycles. The predicted octanol–water partition coefficient (Wildman–Crippen LogP) is 8.01. The molecule has 22 heavy (non-hydrogen) atoms. The minimum atomic E-state index is 0.579. The molecular weight excluding hydrogens is 264 g/mol. The third kappa shape index (κ3) is 6.25. The topological polar surface area (TPSA) is 0 Å². The van der Waals surface area contributed by atoms with Crippen LogP contribution in [0.4, 0.5) is 0 Å². The van der Waals surface area contributed by atoms with Crippen LogP contribution in [0.3, 0.4) is 0 Å². The summed E-state index contributed by atoms with van der Waals surface area (Å²) in [6, 6.07) is 0. The second kappa shape index (κ2) is 9.33. The van der Waals surface area contributed by atoms with Gasteiger partial charge in [-0.15, -0.1) is 0 Å². The fourth-order valence-corrected chi connectivity index (χ4v) is 5.24. The minimum Gasteiger partial charge on any atom is -0.0654 e. The largest absolute Gasteiger partial charge is 0.0654 e. The Hall–Kier alpha value is 0.